The number of amides is 1. The molecule has 1 heterocycles. The van der Waals surface area contributed by atoms with Crippen molar-refractivity contribution in [1.82, 2.24) is 0 Å². The maximum absolute atomic E-state index is 13.8. The van der Waals surface area contributed by atoms with E-state index in [1.54, 1.807) is 0 Å². The molecule has 32 heavy (non-hydrogen) atoms. The fourth-order valence-corrected chi connectivity index (χ4v) is 4.56. The largest absolute Gasteiger partial charge is 0.342 e. The van der Waals surface area contributed by atoms with Gasteiger partial charge in [0.2, 0.25) is 0 Å². The Morgan fingerprint density at radius 3 is 2.16 bits per heavy atom. The van der Waals surface area contributed by atoms with Gasteiger partial charge in [0.25, 0.3) is 5.91 Å². The summed E-state index contributed by atoms with van der Waals surface area (Å²) in [7, 11) is 0. The first-order chi connectivity index (χ1) is 15.6. The van der Waals surface area contributed by atoms with Crippen molar-refractivity contribution in [3.63, 3.8) is 0 Å². The Labute approximate surface area is 197 Å². The lowest BCUT2D eigenvalue weighted by Crippen LogP contribution is -2.49. The predicted molar refractivity (Wildman–Crippen MR) is 134 cm³/mol. The molecule has 0 N–H and O–H groups in total. The second-order valence-electron chi connectivity index (χ2n) is 8.07. The molecular formula is C28H23BrN2O. The van der Waals surface area contributed by atoms with Gasteiger partial charge in [-0.15, -0.1) is 0 Å². The van der Waals surface area contributed by atoms with Crippen LogP contribution in [0.25, 0.3) is 0 Å². The zero-order valence-electron chi connectivity index (χ0n) is 17.8. The van der Waals surface area contributed by atoms with E-state index in [0.717, 1.165) is 27.0 Å². The first-order valence-electron chi connectivity index (χ1n) is 10.7. The summed E-state index contributed by atoms with van der Waals surface area (Å²) in [6, 6.07) is 34.8. The van der Waals surface area contributed by atoms with Gasteiger partial charge in [0.1, 0.15) is 6.17 Å². The lowest BCUT2D eigenvalue weighted by Gasteiger charge is -2.46. The molecule has 1 aliphatic rings. The normalized spacial score (nSPS) is 15.6. The number of hydrogen-bond acceptors (Lipinski definition) is 2. The zero-order valence-corrected chi connectivity index (χ0v) is 19.4. The average molecular weight is 483 g/mol. The van der Waals surface area contributed by atoms with Gasteiger partial charge in [0.05, 0.1) is 11.3 Å². The first kappa shape index (κ1) is 20.5. The molecule has 3 nitrogen and oxygen atoms in total. The lowest BCUT2D eigenvalue weighted by molar-refractivity contribution is 0.0968. The quantitative estimate of drug-likeness (QED) is 0.309. The van der Waals surface area contributed by atoms with Crippen molar-refractivity contribution >= 4 is 33.2 Å². The van der Waals surface area contributed by atoms with Crippen LogP contribution in [0.15, 0.2) is 108 Å². The van der Waals surface area contributed by atoms with Gasteiger partial charge in [-0.1, -0.05) is 88.2 Å². The van der Waals surface area contributed by atoms with E-state index < -0.39 is 0 Å². The Hall–Kier alpha value is -3.37. The fraction of sp³-hybridized carbons (Fsp3) is 0.107. The molecule has 0 saturated heterocycles. The van der Waals surface area contributed by atoms with E-state index in [2.05, 4.69) is 82.4 Å². The van der Waals surface area contributed by atoms with Gasteiger partial charge in [-0.05, 0) is 54.4 Å². The number of carbonyl (C=O) groups excluding carboxylic acids is 1. The minimum Gasteiger partial charge on any atom is -0.342 e. The maximum Gasteiger partial charge on any atom is 0.262 e. The Morgan fingerprint density at radius 2 is 1.44 bits per heavy atom. The molecule has 0 spiro atoms. The van der Waals surface area contributed by atoms with Crippen molar-refractivity contribution < 1.29 is 4.79 Å². The highest BCUT2D eigenvalue weighted by Crippen LogP contribution is 2.42. The van der Waals surface area contributed by atoms with Crippen LogP contribution < -0.4 is 9.80 Å². The summed E-state index contributed by atoms with van der Waals surface area (Å²) < 4.78 is 1.01. The summed E-state index contributed by atoms with van der Waals surface area (Å²) in [6.45, 7) is 2.75. The van der Waals surface area contributed by atoms with E-state index in [9.17, 15) is 4.79 Å². The van der Waals surface area contributed by atoms with Gasteiger partial charge >= 0.3 is 0 Å². The Bertz CT molecular complexity index is 1240. The van der Waals surface area contributed by atoms with Crippen molar-refractivity contribution in [3.05, 3.63) is 130 Å². The van der Waals surface area contributed by atoms with Crippen LogP contribution in [0.1, 0.15) is 33.2 Å². The number of nitrogens with zero attached hydrogens (tertiary/aromatic N) is 2. The van der Waals surface area contributed by atoms with E-state index >= 15 is 0 Å². The van der Waals surface area contributed by atoms with Crippen LogP contribution in [0.2, 0.25) is 0 Å². The molecule has 4 aromatic rings. The molecule has 4 heteroatoms. The summed E-state index contributed by atoms with van der Waals surface area (Å²) in [5.74, 6) is 0.0154. The van der Waals surface area contributed by atoms with E-state index in [1.807, 2.05) is 53.4 Å². The van der Waals surface area contributed by atoms with Crippen LogP contribution in [-0.2, 0) is 6.54 Å². The van der Waals surface area contributed by atoms with Gasteiger partial charge in [0, 0.05) is 16.7 Å². The molecule has 1 atom stereocenters. The summed E-state index contributed by atoms with van der Waals surface area (Å²) in [5, 5.41) is 0. The van der Waals surface area contributed by atoms with Crippen molar-refractivity contribution in [1.29, 1.82) is 0 Å². The minimum absolute atomic E-state index is 0.0154. The summed E-state index contributed by atoms with van der Waals surface area (Å²) in [4.78, 5) is 18.1. The van der Waals surface area contributed by atoms with E-state index in [0.29, 0.717) is 6.54 Å². The molecule has 0 bridgehead atoms. The number of hydrogen-bond donors (Lipinski definition) is 0. The third-order valence-corrected chi connectivity index (χ3v) is 6.41. The Balaban J connectivity index is 1.72. The molecule has 0 saturated carbocycles. The summed E-state index contributed by atoms with van der Waals surface area (Å²) in [6.07, 6.45) is -0.270. The summed E-state index contributed by atoms with van der Waals surface area (Å²) >= 11 is 3.55. The van der Waals surface area contributed by atoms with Gasteiger partial charge < -0.3 is 4.90 Å². The van der Waals surface area contributed by atoms with Crippen LogP contribution in [0.3, 0.4) is 0 Å². The number of para-hydroxylation sites is 1. The van der Waals surface area contributed by atoms with Crippen LogP contribution >= 0.6 is 15.9 Å². The molecular weight excluding hydrogens is 460 g/mol. The van der Waals surface area contributed by atoms with E-state index in [4.69, 9.17) is 0 Å². The number of rotatable bonds is 4. The third kappa shape index (κ3) is 3.82. The number of fused-ring (bicyclic) bond motifs is 1. The third-order valence-electron chi connectivity index (χ3n) is 5.88. The minimum atomic E-state index is -0.270. The first-order valence-corrected chi connectivity index (χ1v) is 11.5. The monoisotopic (exact) mass is 482 g/mol. The molecule has 4 aromatic carbocycles. The Kier molecular flexibility index (Phi) is 5.54. The molecule has 5 rings (SSSR count). The van der Waals surface area contributed by atoms with Gasteiger partial charge in [-0.25, -0.2) is 0 Å². The fourth-order valence-electron chi connectivity index (χ4n) is 4.30. The Morgan fingerprint density at radius 1 is 0.781 bits per heavy atom. The SMILES string of the molecule is Cc1ccc(N2C(=O)c3ccccc3N(Cc3ccccc3)[C@H]2c2ccc(Br)cc2)cc1. The molecule has 0 radical (unpaired) electrons. The standard InChI is InChI=1S/C28H23BrN2O/c1-20-11-17-24(18-12-20)31-27(22-13-15-23(29)16-14-22)30(19-21-7-3-2-4-8-21)26-10-6-5-9-25(26)28(31)32/h2-18,27H,19H2,1H3/t27-/m1/s1. The van der Waals surface area contributed by atoms with Crippen LogP contribution in [0, 0.1) is 6.92 Å². The highest BCUT2D eigenvalue weighted by molar-refractivity contribution is 9.10. The number of anilines is 2. The number of benzene rings is 4. The zero-order chi connectivity index (χ0) is 22.1. The number of aryl methyl sites for hydroxylation is 1. The van der Waals surface area contributed by atoms with Crippen LogP contribution in [0.4, 0.5) is 11.4 Å². The topological polar surface area (TPSA) is 23.6 Å². The predicted octanol–water partition coefficient (Wildman–Crippen LogP) is 7.12. The molecule has 158 valence electrons. The molecule has 1 amide bonds. The summed E-state index contributed by atoms with van der Waals surface area (Å²) in [5.41, 5.74) is 5.99. The molecule has 0 fully saturated rings. The maximum atomic E-state index is 13.8. The van der Waals surface area contributed by atoms with Gasteiger partial charge in [-0.2, -0.15) is 0 Å². The van der Waals surface area contributed by atoms with Gasteiger partial charge in [-0.3, -0.25) is 9.69 Å². The van der Waals surface area contributed by atoms with Crippen molar-refractivity contribution in [2.24, 2.45) is 0 Å². The lowest BCUT2D eigenvalue weighted by atomic mass is 9.99. The van der Waals surface area contributed by atoms with E-state index in [1.165, 1.54) is 11.1 Å². The molecule has 0 aliphatic carbocycles. The highest BCUT2D eigenvalue weighted by Gasteiger charge is 2.39. The molecule has 0 unspecified atom stereocenters. The smallest absolute Gasteiger partial charge is 0.262 e. The number of halogens is 1. The van der Waals surface area contributed by atoms with E-state index in [-0.39, 0.29) is 12.1 Å². The van der Waals surface area contributed by atoms with Crippen molar-refractivity contribution in [2.75, 3.05) is 9.80 Å². The highest BCUT2D eigenvalue weighted by atomic mass is 79.9. The second kappa shape index (κ2) is 8.64. The molecule has 0 aromatic heterocycles. The van der Waals surface area contributed by atoms with Crippen LogP contribution in [-0.4, -0.2) is 5.91 Å². The average Bonchev–Trinajstić information content (AvgIpc) is 2.83. The van der Waals surface area contributed by atoms with Crippen molar-refractivity contribution in [2.45, 2.75) is 19.6 Å². The van der Waals surface area contributed by atoms with Crippen LogP contribution in [0.5, 0.6) is 0 Å². The molecule has 1 aliphatic heterocycles. The van der Waals surface area contributed by atoms with Crippen molar-refractivity contribution in [3.8, 4) is 0 Å². The van der Waals surface area contributed by atoms with Gasteiger partial charge in [0.15, 0.2) is 0 Å². The second-order valence-corrected chi connectivity index (χ2v) is 8.98. The number of carbonyl (C=O) groups is 1.